The lowest BCUT2D eigenvalue weighted by Crippen LogP contribution is -2.26. The maximum atomic E-state index is 13.2. The molecule has 1 aliphatic rings. The zero-order valence-electron chi connectivity index (χ0n) is 15.1. The van der Waals surface area contributed by atoms with Crippen LogP contribution in [0.2, 0.25) is 0 Å². The number of pyridine rings is 2. The van der Waals surface area contributed by atoms with Gasteiger partial charge in [0.25, 0.3) is 0 Å². The Bertz CT molecular complexity index is 878. The van der Waals surface area contributed by atoms with Gasteiger partial charge in [-0.1, -0.05) is 12.1 Å². The molecule has 0 aliphatic carbocycles. The highest BCUT2D eigenvalue weighted by atomic mass is 19.1. The summed E-state index contributed by atoms with van der Waals surface area (Å²) in [7, 11) is 0. The number of halogens is 1. The summed E-state index contributed by atoms with van der Waals surface area (Å²) in [4.78, 5) is 8.80. The Balaban J connectivity index is 1.61. The van der Waals surface area contributed by atoms with Crippen LogP contribution in [0.25, 0.3) is 22.4 Å². The van der Waals surface area contributed by atoms with Gasteiger partial charge in [0.2, 0.25) is 0 Å². The van der Waals surface area contributed by atoms with E-state index >= 15 is 0 Å². The van der Waals surface area contributed by atoms with Crippen molar-refractivity contribution in [3.8, 4) is 22.4 Å². The lowest BCUT2D eigenvalue weighted by atomic mass is 10.0. The van der Waals surface area contributed by atoms with Gasteiger partial charge in [-0.15, -0.1) is 0 Å². The van der Waals surface area contributed by atoms with Gasteiger partial charge in [-0.2, -0.15) is 0 Å². The van der Waals surface area contributed by atoms with Crippen LogP contribution in [0.1, 0.15) is 18.4 Å². The molecule has 1 N–H and O–H groups in total. The van der Waals surface area contributed by atoms with Gasteiger partial charge in [0.15, 0.2) is 0 Å². The third kappa shape index (κ3) is 4.38. The standard InChI is InChI=1S/C22H22FN3O/c23-20-5-3-16(4-6-20)18-12-19(13-25-15-21-2-1-11-27-21)22(26-14-18)17-7-9-24-10-8-17/h3-10,12,14,21,25H,1-2,11,13,15H2/t21-/m0/s1. The Morgan fingerprint density at radius 2 is 1.85 bits per heavy atom. The van der Waals surface area contributed by atoms with Crippen LogP contribution in [0.4, 0.5) is 4.39 Å². The molecule has 27 heavy (non-hydrogen) atoms. The first-order valence-corrected chi connectivity index (χ1v) is 9.27. The van der Waals surface area contributed by atoms with Gasteiger partial charge in [-0.05, 0) is 54.3 Å². The number of nitrogens with zero attached hydrogens (tertiary/aromatic N) is 2. The number of benzene rings is 1. The van der Waals surface area contributed by atoms with Crippen LogP contribution < -0.4 is 5.32 Å². The molecule has 0 saturated carbocycles. The highest BCUT2D eigenvalue weighted by molar-refractivity contribution is 5.69. The molecule has 5 heteroatoms. The molecule has 1 fully saturated rings. The number of hydrogen-bond acceptors (Lipinski definition) is 4. The van der Waals surface area contributed by atoms with Crippen molar-refractivity contribution in [2.24, 2.45) is 0 Å². The van der Waals surface area contributed by atoms with Crippen molar-refractivity contribution < 1.29 is 9.13 Å². The fourth-order valence-electron chi connectivity index (χ4n) is 3.39. The SMILES string of the molecule is Fc1ccc(-c2cnc(-c3ccncc3)c(CNC[C@@H]3CCCO3)c2)cc1. The highest BCUT2D eigenvalue weighted by Gasteiger charge is 2.15. The van der Waals surface area contributed by atoms with Crippen molar-refractivity contribution in [2.45, 2.75) is 25.5 Å². The molecular weight excluding hydrogens is 341 g/mol. The topological polar surface area (TPSA) is 47.0 Å². The van der Waals surface area contributed by atoms with E-state index in [1.54, 1.807) is 24.5 Å². The lowest BCUT2D eigenvalue weighted by molar-refractivity contribution is 0.110. The molecular formula is C22H22FN3O. The zero-order chi connectivity index (χ0) is 18.5. The summed E-state index contributed by atoms with van der Waals surface area (Å²) >= 11 is 0. The number of hydrogen-bond donors (Lipinski definition) is 1. The Hall–Kier alpha value is -2.63. The van der Waals surface area contributed by atoms with Gasteiger partial charge in [-0.25, -0.2) is 4.39 Å². The van der Waals surface area contributed by atoms with Crippen LogP contribution in [-0.2, 0) is 11.3 Å². The van der Waals surface area contributed by atoms with E-state index in [4.69, 9.17) is 9.72 Å². The van der Waals surface area contributed by atoms with Crippen molar-refractivity contribution in [2.75, 3.05) is 13.2 Å². The number of rotatable bonds is 6. The molecule has 138 valence electrons. The lowest BCUT2D eigenvalue weighted by Gasteiger charge is -2.14. The summed E-state index contributed by atoms with van der Waals surface area (Å²) in [5.41, 5.74) is 4.99. The van der Waals surface area contributed by atoms with Crippen molar-refractivity contribution in [1.82, 2.24) is 15.3 Å². The monoisotopic (exact) mass is 363 g/mol. The predicted octanol–water partition coefficient (Wildman–Crippen LogP) is 4.22. The normalized spacial score (nSPS) is 16.6. The van der Waals surface area contributed by atoms with Crippen LogP contribution >= 0.6 is 0 Å². The van der Waals surface area contributed by atoms with Crippen LogP contribution in [-0.4, -0.2) is 29.2 Å². The molecule has 0 amide bonds. The van der Waals surface area contributed by atoms with E-state index in [9.17, 15) is 4.39 Å². The second-order valence-electron chi connectivity index (χ2n) is 6.74. The average Bonchev–Trinajstić information content (AvgIpc) is 3.23. The number of nitrogens with one attached hydrogen (secondary N) is 1. The highest BCUT2D eigenvalue weighted by Crippen LogP contribution is 2.27. The van der Waals surface area contributed by atoms with E-state index in [0.29, 0.717) is 12.6 Å². The summed E-state index contributed by atoms with van der Waals surface area (Å²) in [6, 6.07) is 12.6. The average molecular weight is 363 g/mol. The first kappa shape index (κ1) is 17.8. The number of aromatic nitrogens is 2. The summed E-state index contributed by atoms with van der Waals surface area (Å²) in [5.74, 6) is -0.237. The van der Waals surface area contributed by atoms with Gasteiger partial charge in [-0.3, -0.25) is 9.97 Å². The van der Waals surface area contributed by atoms with Crippen LogP contribution in [0.3, 0.4) is 0 Å². The largest absolute Gasteiger partial charge is 0.377 e. The van der Waals surface area contributed by atoms with Crippen molar-refractivity contribution in [3.63, 3.8) is 0 Å². The minimum atomic E-state index is -0.237. The minimum absolute atomic E-state index is 0.237. The van der Waals surface area contributed by atoms with Gasteiger partial charge in [0.1, 0.15) is 5.82 Å². The third-order valence-corrected chi connectivity index (χ3v) is 4.81. The van der Waals surface area contributed by atoms with Crippen LogP contribution in [0.15, 0.2) is 61.1 Å². The predicted molar refractivity (Wildman–Crippen MR) is 104 cm³/mol. The maximum Gasteiger partial charge on any atom is 0.123 e. The molecule has 1 aromatic carbocycles. The summed E-state index contributed by atoms with van der Waals surface area (Å²) in [5, 5.41) is 3.50. The van der Waals surface area contributed by atoms with E-state index in [1.165, 1.54) is 12.1 Å². The van der Waals surface area contributed by atoms with E-state index in [0.717, 1.165) is 53.9 Å². The molecule has 0 bridgehead atoms. The first-order valence-electron chi connectivity index (χ1n) is 9.27. The van der Waals surface area contributed by atoms with Gasteiger partial charge in [0, 0.05) is 49.4 Å². The Morgan fingerprint density at radius 1 is 1.04 bits per heavy atom. The molecule has 0 unspecified atom stereocenters. The Kier molecular flexibility index (Phi) is 5.51. The molecule has 4 rings (SSSR count). The third-order valence-electron chi connectivity index (χ3n) is 4.81. The van der Waals surface area contributed by atoms with Crippen LogP contribution in [0, 0.1) is 5.82 Å². The molecule has 0 spiro atoms. The van der Waals surface area contributed by atoms with E-state index in [2.05, 4.69) is 16.4 Å². The molecule has 1 atom stereocenters. The zero-order valence-corrected chi connectivity index (χ0v) is 15.1. The van der Waals surface area contributed by atoms with Gasteiger partial charge < -0.3 is 10.1 Å². The Labute approximate surface area is 158 Å². The molecule has 1 saturated heterocycles. The minimum Gasteiger partial charge on any atom is -0.377 e. The van der Waals surface area contributed by atoms with Gasteiger partial charge >= 0.3 is 0 Å². The van der Waals surface area contributed by atoms with Crippen LogP contribution in [0.5, 0.6) is 0 Å². The summed E-state index contributed by atoms with van der Waals surface area (Å²) < 4.78 is 18.9. The fourth-order valence-corrected chi connectivity index (χ4v) is 3.39. The smallest absolute Gasteiger partial charge is 0.123 e. The second-order valence-corrected chi connectivity index (χ2v) is 6.74. The molecule has 0 radical (unpaired) electrons. The molecule has 1 aliphatic heterocycles. The fraction of sp³-hybridized carbons (Fsp3) is 0.273. The second kappa shape index (κ2) is 8.37. The van der Waals surface area contributed by atoms with Gasteiger partial charge in [0.05, 0.1) is 11.8 Å². The van der Waals surface area contributed by atoms with E-state index in [-0.39, 0.29) is 5.82 Å². The molecule has 2 aromatic heterocycles. The van der Waals surface area contributed by atoms with E-state index in [1.807, 2.05) is 18.3 Å². The van der Waals surface area contributed by atoms with Crippen molar-refractivity contribution in [3.05, 3.63) is 72.4 Å². The first-order chi connectivity index (χ1) is 13.3. The van der Waals surface area contributed by atoms with Crippen molar-refractivity contribution in [1.29, 1.82) is 0 Å². The summed E-state index contributed by atoms with van der Waals surface area (Å²) in [6.07, 6.45) is 7.92. The summed E-state index contributed by atoms with van der Waals surface area (Å²) in [6.45, 7) is 2.38. The molecule has 3 aromatic rings. The Morgan fingerprint density at radius 3 is 2.59 bits per heavy atom. The maximum absolute atomic E-state index is 13.2. The number of ether oxygens (including phenoxy) is 1. The van der Waals surface area contributed by atoms with Crippen molar-refractivity contribution >= 4 is 0 Å². The quantitative estimate of drug-likeness (QED) is 0.712. The molecule has 3 heterocycles. The van der Waals surface area contributed by atoms with E-state index < -0.39 is 0 Å². The molecule has 4 nitrogen and oxygen atoms in total.